The van der Waals surface area contributed by atoms with Crippen molar-refractivity contribution in [3.8, 4) is 11.5 Å². The van der Waals surface area contributed by atoms with E-state index >= 15 is 0 Å². The van der Waals surface area contributed by atoms with Gasteiger partial charge in [0.25, 0.3) is 5.91 Å². The first-order chi connectivity index (χ1) is 9.04. The number of carboxylic acids is 1. The maximum absolute atomic E-state index is 12.3. The number of carbonyl (C=O) groups is 2. The summed E-state index contributed by atoms with van der Waals surface area (Å²) in [5.41, 5.74) is 0.282. The van der Waals surface area contributed by atoms with Gasteiger partial charge < -0.3 is 19.5 Å². The standard InChI is InChI=1S/C13H17NO5/c1-4-14(8-11(15)16)13(17)9-6-5-7-10(18-2)12(9)19-3/h5-7H,4,8H2,1-3H3,(H,15,16). The summed E-state index contributed by atoms with van der Waals surface area (Å²) in [5.74, 6) is -0.726. The molecule has 0 aliphatic carbocycles. The Hall–Kier alpha value is -2.24. The third-order valence-electron chi connectivity index (χ3n) is 2.63. The topological polar surface area (TPSA) is 76.1 Å². The van der Waals surface area contributed by atoms with Crippen LogP contribution in [0.1, 0.15) is 17.3 Å². The maximum atomic E-state index is 12.3. The van der Waals surface area contributed by atoms with Crippen molar-refractivity contribution in [3.05, 3.63) is 23.8 Å². The minimum absolute atomic E-state index is 0.282. The van der Waals surface area contributed by atoms with Crippen LogP contribution in [0, 0.1) is 0 Å². The van der Waals surface area contributed by atoms with E-state index in [1.54, 1.807) is 25.1 Å². The van der Waals surface area contributed by atoms with Crippen LogP contribution in [0.15, 0.2) is 18.2 Å². The molecule has 0 atom stereocenters. The number of ether oxygens (including phenoxy) is 2. The van der Waals surface area contributed by atoms with Gasteiger partial charge in [0, 0.05) is 6.54 Å². The second-order valence-electron chi connectivity index (χ2n) is 3.75. The van der Waals surface area contributed by atoms with Gasteiger partial charge in [0.15, 0.2) is 11.5 Å². The van der Waals surface area contributed by atoms with Gasteiger partial charge >= 0.3 is 5.97 Å². The Morgan fingerprint density at radius 3 is 2.42 bits per heavy atom. The lowest BCUT2D eigenvalue weighted by Gasteiger charge is -2.20. The van der Waals surface area contributed by atoms with Crippen molar-refractivity contribution < 1.29 is 24.2 Å². The van der Waals surface area contributed by atoms with E-state index in [2.05, 4.69) is 0 Å². The van der Waals surface area contributed by atoms with E-state index in [0.717, 1.165) is 0 Å². The predicted molar refractivity (Wildman–Crippen MR) is 68.8 cm³/mol. The van der Waals surface area contributed by atoms with Crippen LogP contribution < -0.4 is 9.47 Å². The van der Waals surface area contributed by atoms with Crippen LogP contribution in [0.2, 0.25) is 0 Å². The molecule has 1 aromatic rings. The molecule has 1 amide bonds. The van der Waals surface area contributed by atoms with Gasteiger partial charge in [-0.25, -0.2) is 0 Å². The fourth-order valence-electron chi connectivity index (χ4n) is 1.72. The summed E-state index contributed by atoms with van der Waals surface area (Å²) >= 11 is 0. The van der Waals surface area contributed by atoms with Crippen LogP contribution in [0.3, 0.4) is 0 Å². The second-order valence-corrected chi connectivity index (χ2v) is 3.75. The van der Waals surface area contributed by atoms with E-state index in [1.165, 1.54) is 19.1 Å². The molecular weight excluding hydrogens is 250 g/mol. The summed E-state index contributed by atoms with van der Waals surface area (Å²) in [5, 5.41) is 8.79. The number of hydrogen-bond acceptors (Lipinski definition) is 4. The van der Waals surface area contributed by atoms with Gasteiger partial charge in [-0.3, -0.25) is 9.59 Å². The third-order valence-corrected chi connectivity index (χ3v) is 2.63. The average Bonchev–Trinajstić information content (AvgIpc) is 2.42. The van der Waals surface area contributed by atoms with Gasteiger partial charge in [-0.05, 0) is 19.1 Å². The highest BCUT2D eigenvalue weighted by atomic mass is 16.5. The van der Waals surface area contributed by atoms with E-state index in [0.29, 0.717) is 18.0 Å². The van der Waals surface area contributed by atoms with Gasteiger partial charge in [-0.2, -0.15) is 0 Å². The van der Waals surface area contributed by atoms with Crippen LogP contribution in [-0.4, -0.2) is 49.2 Å². The Morgan fingerprint density at radius 1 is 1.26 bits per heavy atom. The zero-order valence-corrected chi connectivity index (χ0v) is 11.2. The molecule has 104 valence electrons. The predicted octanol–water partition coefficient (Wildman–Crippen LogP) is 1.25. The fourth-order valence-corrected chi connectivity index (χ4v) is 1.72. The molecule has 0 spiro atoms. The molecule has 0 fully saturated rings. The largest absolute Gasteiger partial charge is 0.493 e. The van der Waals surface area contributed by atoms with E-state index in [-0.39, 0.29) is 12.1 Å². The number of rotatable bonds is 6. The van der Waals surface area contributed by atoms with Crippen LogP contribution in [0.4, 0.5) is 0 Å². The first-order valence-corrected chi connectivity index (χ1v) is 5.77. The molecule has 0 radical (unpaired) electrons. The van der Waals surface area contributed by atoms with E-state index in [4.69, 9.17) is 14.6 Å². The van der Waals surface area contributed by atoms with Crippen LogP contribution in [0.5, 0.6) is 11.5 Å². The number of nitrogens with zero attached hydrogens (tertiary/aromatic N) is 1. The van der Waals surface area contributed by atoms with Crippen LogP contribution in [0.25, 0.3) is 0 Å². The number of carbonyl (C=O) groups excluding carboxylic acids is 1. The van der Waals surface area contributed by atoms with Gasteiger partial charge in [-0.15, -0.1) is 0 Å². The number of para-hydroxylation sites is 1. The number of amides is 1. The highest BCUT2D eigenvalue weighted by molar-refractivity contribution is 5.99. The number of carboxylic acid groups (broad SMARTS) is 1. The molecule has 0 aliphatic heterocycles. The Morgan fingerprint density at radius 2 is 1.95 bits per heavy atom. The molecule has 1 aromatic carbocycles. The fraction of sp³-hybridized carbons (Fsp3) is 0.385. The highest BCUT2D eigenvalue weighted by Gasteiger charge is 2.22. The SMILES string of the molecule is CCN(CC(=O)O)C(=O)c1cccc(OC)c1OC. The molecule has 1 N–H and O–H groups in total. The monoisotopic (exact) mass is 267 g/mol. The van der Waals surface area contributed by atoms with Gasteiger partial charge in [0.2, 0.25) is 0 Å². The molecule has 0 saturated carbocycles. The summed E-state index contributed by atoms with van der Waals surface area (Å²) in [6.07, 6.45) is 0. The minimum Gasteiger partial charge on any atom is -0.493 e. The van der Waals surface area contributed by atoms with Crippen LogP contribution in [-0.2, 0) is 4.79 Å². The maximum Gasteiger partial charge on any atom is 0.323 e. The Bertz CT molecular complexity index is 472. The summed E-state index contributed by atoms with van der Waals surface area (Å²) in [6, 6.07) is 4.90. The van der Waals surface area contributed by atoms with E-state index in [1.807, 2.05) is 0 Å². The van der Waals surface area contributed by atoms with E-state index in [9.17, 15) is 9.59 Å². The normalized spacial score (nSPS) is 9.84. The lowest BCUT2D eigenvalue weighted by molar-refractivity contribution is -0.137. The number of likely N-dealkylation sites (N-methyl/N-ethyl adjacent to an activating group) is 1. The molecule has 1 rings (SSSR count). The molecule has 0 aromatic heterocycles. The Kier molecular flexibility index (Phi) is 5.17. The Balaban J connectivity index is 3.13. The molecule has 0 aliphatic rings. The lowest BCUT2D eigenvalue weighted by atomic mass is 10.1. The molecule has 19 heavy (non-hydrogen) atoms. The smallest absolute Gasteiger partial charge is 0.323 e. The number of aliphatic carboxylic acids is 1. The van der Waals surface area contributed by atoms with Crippen molar-refractivity contribution in [2.24, 2.45) is 0 Å². The molecule has 0 unspecified atom stereocenters. The van der Waals surface area contributed by atoms with E-state index < -0.39 is 11.9 Å². The second kappa shape index (κ2) is 6.63. The van der Waals surface area contributed by atoms with Crippen molar-refractivity contribution in [2.45, 2.75) is 6.92 Å². The minimum atomic E-state index is -1.06. The zero-order chi connectivity index (χ0) is 14.4. The quantitative estimate of drug-likeness (QED) is 0.839. The number of benzene rings is 1. The summed E-state index contributed by atoms with van der Waals surface area (Å²) < 4.78 is 10.3. The highest BCUT2D eigenvalue weighted by Crippen LogP contribution is 2.31. The lowest BCUT2D eigenvalue weighted by Crippen LogP contribution is -2.35. The molecule has 6 nitrogen and oxygen atoms in total. The van der Waals surface area contributed by atoms with Crippen LogP contribution >= 0.6 is 0 Å². The number of methoxy groups -OCH3 is 2. The molecule has 0 bridgehead atoms. The first-order valence-electron chi connectivity index (χ1n) is 5.77. The van der Waals surface area contributed by atoms with Crippen molar-refractivity contribution >= 4 is 11.9 Å². The molecule has 6 heteroatoms. The molecular formula is C13H17NO5. The molecule has 0 saturated heterocycles. The van der Waals surface area contributed by atoms with Gasteiger partial charge in [0.05, 0.1) is 19.8 Å². The Labute approximate surface area is 111 Å². The summed E-state index contributed by atoms with van der Waals surface area (Å²) in [6.45, 7) is 1.66. The van der Waals surface area contributed by atoms with Crippen molar-refractivity contribution in [2.75, 3.05) is 27.3 Å². The first kappa shape index (κ1) is 14.8. The van der Waals surface area contributed by atoms with Gasteiger partial charge in [-0.1, -0.05) is 6.07 Å². The average molecular weight is 267 g/mol. The summed E-state index contributed by atoms with van der Waals surface area (Å²) in [7, 11) is 2.91. The van der Waals surface area contributed by atoms with Gasteiger partial charge in [0.1, 0.15) is 6.54 Å². The van der Waals surface area contributed by atoms with Crippen molar-refractivity contribution in [1.82, 2.24) is 4.90 Å². The van der Waals surface area contributed by atoms with Crippen molar-refractivity contribution in [3.63, 3.8) is 0 Å². The summed E-state index contributed by atoms with van der Waals surface area (Å²) in [4.78, 5) is 24.2. The third kappa shape index (κ3) is 3.37. The zero-order valence-electron chi connectivity index (χ0n) is 11.2. The number of hydrogen-bond donors (Lipinski definition) is 1. The van der Waals surface area contributed by atoms with Crippen molar-refractivity contribution in [1.29, 1.82) is 0 Å². The molecule has 0 heterocycles.